The molecule has 0 bridgehead atoms. The van der Waals surface area contributed by atoms with E-state index in [1.807, 2.05) is 31.4 Å². The molecule has 0 atom stereocenters. The number of pyridine rings is 1. The first-order valence-corrected chi connectivity index (χ1v) is 7.24. The molecule has 7 heteroatoms. The second kappa shape index (κ2) is 6.36. The predicted octanol–water partition coefficient (Wildman–Crippen LogP) is 2.31. The minimum absolute atomic E-state index is 0.0806. The maximum atomic E-state index is 12.7. The van der Waals surface area contributed by atoms with Crippen LogP contribution in [0.4, 0.5) is 0 Å². The molecule has 0 saturated carbocycles. The number of hydrogen-bond donors (Lipinski definition) is 1. The number of hydrogen-bond acceptors (Lipinski definition) is 4. The number of aromatic nitrogens is 4. The maximum Gasteiger partial charge on any atom is 0.261 e. The minimum Gasteiger partial charge on any atom is -0.383 e. The molecule has 0 unspecified atom stereocenters. The molecule has 0 aliphatic carbocycles. The third-order valence-corrected chi connectivity index (χ3v) is 3.66. The van der Waals surface area contributed by atoms with Gasteiger partial charge in [-0.25, -0.2) is 0 Å². The van der Waals surface area contributed by atoms with Crippen molar-refractivity contribution < 1.29 is 4.74 Å². The Hall–Kier alpha value is -1.73. The monoisotopic (exact) mass is 308 g/mol. The lowest BCUT2D eigenvalue weighted by Gasteiger charge is -2.13. The quantitative estimate of drug-likeness (QED) is 0.861. The normalized spacial score (nSPS) is 11.3. The molecule has 0 aliphatic heterocycles. The fraction of sp³-hybridized carbons (Fsp3) is 0.500. The molecule has 0 aromatic carbocycles. The van der Waals surface area contributed by atoms with Gasteiger partial charge in [0.2, 0.25) is 0 Å². The van der Waals surface area contributed by atoms with E-state index < -0.39 is 0 Å². The van der Waals surface area contributed by atoms with Gasteiger partial charge in [0.25, 0.3) is 5.56 Å². The van der Waals surface area contributed by atoms with E-state index in [0.29, 0.717) is 29.3 Å². The Labute approximate surface area is 128 Å². The second-order valence-electron chi connectivity index (χ2n) is 5.15. The molecule has 1 N–H and O–H groups in total. The lowest BCUT2D eigenvalue weighted by molar-refractivity contribution is 0.185. The van der Waals surface area contributed by atoms with Crippen LogP contribution < -0.4 is 5.56 Å². The maximum absolute atomic E-state index is 12.7. The van der Waals surface area contributed by atoms with Gasteiger partial charge in [-0.05, 0) is 45.1 Å². The van der Waals surface area contributed by atoms with Crippen LogP contribution in [0.3, 0.4) is 0 Å². The third kappa shape index (κ3) is 2.98. The SMILES string of the molecule is COCCn1c(C)ccc(-c2n[nH]c(=S)n2C(C)C)c1=O. The third-order valence-electron chi connectivity index (χ3n) is 3.37. The van der Waals surface area contributed by atoms with Crippen LogP contribution in [0, 0.1) is 11.7 Å². The van der Waals surface area contributed by atoms with Crippen LogP contribution >= 0.6 is 12.2 Å². The highest BCUT2D eigenvalue weighted by atomic mass is 32.1. The predicted molar refractivity (Wildman–Crippen MR) is 84.1 cm³/mol. The molecule has 0 saturated heterocycles. The van der Waals surface area contributed by atoms with Crippen molar-refractivity contribution in [3.05, 3.63) is 33.0 Å². The van der Waals surface area contributed by atoms with Gasteiger partial charge in [-0.2, -0.15) is 5.10 Å². The van der Waals surface area contributed by atoms with Crippen LogP contribution in [-0.2, 0) is 11.3 Å². The molecule has 21 heavy (non-hydrogen) atoms. The van der Waals surface area contributed by atoms with Crippen LogP contribution in [0.25, 0.3) is 11.4 Å². The van der Waals surface area contributed by atoms with Gasteiger partial charge in [-0.15, -0.1) is 0 Å². The van der Waals surface area contributed by atoms with E-state index in [4.69, 9.17) is 17.0 Å². The number of rotatable bonds is 5. The topological polar surface area (TPSA) is 64.8 Å². The first-order valence-electron chi connectivity index (χ1n) is 6.84. The fourth-order valence-electron chi connectivity index (χ4n) is 2.28. The standard InChI is InChI=1S/C14H20N4O2S/c1-9(2)18-12(15-16-14(18)21)11-6-5-10(3)17(13(11)19)7-8-20-4/h5-6,9H,7-8H2,1-4H3,(H,16,21). The van der Waals surface area contributed by atoms with E-state index in [2.05, 4.69) is 10.2 Å². The van der Waals surface area contributed by atoms with Gasteiger partial charge in [0.15, 0.2) is 10.6 Å². The van der Waals surface area contributed by atoms with Crippen molar-refractivity contribution in [1.29, 1.82) is 0 Å². The van der Waals surface area contributed by atoms with Crippen molar-refractivity contribution >= 4 is 12.2 Å². The van der Waals surface area contributed by atoms with E-state index in [1.54, 1.807) is 17.7 Å². The van der Waals surface area contributed by atoms with Crippen molar-refractivity contribution in [3.8, 4) is 11.4 Å². The molecular weight excluding hydrogens is 288 g/mol. The highest BCUT2D eigenvalue weighted by molar-refractivity contribution is 7.71. The van der Waals surface area contributed by atoms with Gasteiger partial charge in [-0.1, -0.05) is 0 Å². The number of nitrogens with one attached hydrogen (secondary N) is 1. The first-order chi connectivity index (χ1) is 9.97. The molecule has 0 fully saturated rings. The van der Waals surface area contributed by atoms with Crippen molar-refractivity contribution in [2.45, 2.75) is 33.4 Å². The highest BCUT2D eigenvalue weighted by Crippen LogP contribution is 2.18. The van der Waals surface area contributed by atoms with Gasteiger partial charge >= 0.3 is 0 Å². The van der Waals surface area contributed by atoms with Crippen LogP contribution in [0.15, 0.2) is 16.9 Å². The molecule has 2 heterocycles. The summed E-state index contributed by atoms with van der Waals surface area (Å²) in [6.45, 7) is 6.92. The Morgan fingerprint density at radius 1 is 1.43 bits per heavy atom. The zero-order valence-corrected chi connectivity index (χ0v) is 13.5. The zero-order valence-electron chi connectivity index (χ0n) is 12.7. The van der Waals surface area contributed by atoms with Gasteiger partial charge < -0.3 is 9.30 Å². The smallest absolute Gasteiger partial charge is 0.261 e. The Balaban J connectivity index is 2.61. The zero-order chi connectivity index (χ0) is 15.6. The minimum atomic E-state index is -0.0806. The summed E-state index contributed by atoms with van der Waals surface area (Å²) in [5.74, 6) is 0.575. The Kier molecular flexibility index (Phi) is 4.74. The van der Waals surface area contributed by atoms with E-state index in [-0.39, 0.29) is 11.6 Å². The van der Waals surface area contributed by atoms with Crippen molar-refractivity contribution in [2.75, 3.05) is 13.7 Å². The number of ether oxygens (including phenoxy) is 1. The highest BCUT2D eigenvalue weighted by Gasteiger charge is 2.16. The first kappa shape index (κ1) is 15.7. The molecule has 0 aliphatic rings. The molecule has 2 aromatic heterocycles. The number of methoxy groups -OCH3 is 1. The number of H-pyrrole nitrogens is 1. The van der Waals surface area contributed by atoms with Crippen molar-refractivity contribution in [1.82, 2.24) is 19.3 Å². The largest absolute Gasteiger partial charge is 0.383 e. The summed E-state index contributed by atoms with van der Waals surface area (Å²) >= 11 is 5.24. The molecule has 114 valence electrons. The van der Waals surface area contributed by atoms with Crippen LogP contribution in [0.1, 0.15) is 25.6 Å². The Bertz CT molecular complexity index is 742. The summed E-state index contributed by atoms with van der Waals surface area (Å²) in [7, 11) is 1.62. The molecule has 0 spiro atoms. The fourth-order valence-corrected chi connectivity index (χ4v) is 2.62. The number of nitrogens with zero attached hydrogens (tertiary/aromatic N) is 3. The molecule has 0 amide bonds. The summed E-state index contributed by atoms with van der Waals surface area (Å²) in [4.78, 5) is 12.7. The van der Waals surface area contributed by atoms with E-state index in [0.717, 1.165) is 5.69 Å². The van der Waals surface area contributed by atoms with Gasteiger partial charge in [0.05, 0.1) is 12.2 Å². The van der Waals surface area contributed by atoms with Gasteiger partial charge in [0.1, 0.15) is 0 Å². The molecule has 2 rings (SSSR count). The summed E-state index contributed by atoms with van der Waals surface area (Å²) in [5.41, 5.74) is 1.35. The number of aryl methyl sites for hydroxylation is 1. The van der Waals surface area contributed by atoms with Crippen LogP contribution in [0.5, 0.6) is 0 Å². The van der Waals surface area contributed by atoms with Gasteiger partial charge in [-0.3, -0.25) is 14.5 Å². The Morgan fingerprint density at radius 2 is 2.14 bits per heavy atom. The molecule has 2 aromatic rings. The van der Waals surface area contributed by atoms with E-state index >= 15 is 0 Å². The van der Waals surface area contributed by atoms with Crippen molar-refractivity contribution in [2.24, 2.45) is 0 Å². The molecule has 6 nitrogen and oxygen atoms in total. The van der Waals surface area contributed by atoms with Crippen LogP contribution in [0.2, 0.25) is 0 Å². The van der Waals surface area contributed by atoms with Crippen LogP contribution in [-0.4, -0.2) is 33.0 Å². The van der Waals surface area contributed by atoms with E-state index in [9.17, 15) is 4.79 Å². The molecular formula is C14H20N4O2S. The second-order valence-corrected chi connectivity index (χ2v) is 5.54. The lowest BCUT2D eigenvalue weighted by atomic mass is 10.2. The summed E-state index contributed by atoms with van der Waals surface area (Å²) in [5, 5.41) is 6.98. The Morgan fingerprint density at radius 3 is 2.76 bits per heavy atom. The average Bonchev–Trinajstić information content (AvgIpc) is 2.80. The molecule has 0 radical (unpaired) electrons. The summed E-state index contributed by atoms with van der Waals surface area (Å²) < 4.78 is 9.13. The van der Waals surface area contributed by atoms with Gasteiger partial charge in [0, 0.05) is 25.4 Å². The summed E-state index contributed by atoms with van der Waals surface area (Å²) in [6, 6.07) is 3.83. The van der Waals surface area contributed by atoms with Crippen molar-refractivity contribution in [3.63, 3.8) is 0 Å². The lowest BCUT2D eigenvalue weighted by Crippen LogP contribution is -2.26. The summed E-state index contributed by atoms with van der Waals surface area (Å²) in [6.07, 6.45) is 0. The number of aromatic amines is 1. The average molecular weight is 308 g/mol. The van der Waals surface area contributed by atoms with E-state index in [1.165, 1.54) is 0 Å².